The van der Waals surface area contributed by atoms with Crippen molar-refractivity contribution in [2.45, 2.75) is 50.4 Å². The molecular weight excluding hydrogens is 310 g/mol. The van der Waals surface area contributed by atoms with Gasteiger partial charge >= 0.3 is 29.7 Å². The van der Waals surface area contributed by atoms with Crippen LogP contribution in [-0.2, 0) is 14.3 Å². The van der Waals surface area contributed by atoms with E-state index in [-0.39, 0.29) is 6.42 Å². The molecule has 0 saturated carbocycles. The number of carboxylic acids is 1. The summed E-state index contributed by atoms with van der Waals surface area (Å²) in [6, 6.07) is 0. The standard InChI is InChI=1S/C11H14F6O4/c1-2-3-4-5-6-21-8(20)10(14,15)11(16,17)9(12,13)7(18)19/h2-6H2,1H3,(H,18,19). The molecule has 0 amide bonds. The van der Waals surface area contributed by atoms with Crippen LogP contribution in [0, 0.1) is 0 Å². The third kappa shape index (κ3) is 4.01. The Morgan fingerprint density at radius 2 is 1.48 bits per heavy atom. The van der Waals surface area contributed by atoms with E-state index in [9.17, 15) is 35.9 Å². The second kappa shape index (κ2) is 6.99. The molecule has 0 atom stereocenters. The maximum absolute atomic E-state index is 13.1. The second-order valence-corrected chi connectivity index (χ2v) is 4.22. The number of hydrogen-bond acceptors (Lipinski definition) is 3. The maximum atomic E-state index is 13.1. The van der Waals surface area contributed by atoms with Crippen molar-refractivity contribution in [2.24, 2.45) is 0 Å². The minimum Gasteiger partial charge on any atom is -0.477 e. The van der Waals surface area contributed by atoms with E-state index in [2.05, 4.69) is 4.74 Å². The van der Waals surface area contributed by atoms with Crippen LogP contribution in [0.2, 0.25) is 0 Å². The molecule has 0 saturated heterocycles. The van der Waals surface area contributed by atoms with Gasteiger partial charge in [0.2, 0.25) is 0 Å². The molecule has 0 aliphatic rings. The van der Waals surface area contributed by atoms with Crippen molar-refractivity contribution < 1.29 is 45.8 Å². The molecule has 0 aromatic carbocycles. The predicted molar refractivity (Wildman–Crippen MR) is 57.6 cm³/mol. The number of carbonyl (C=O) groups is 2. The van der Waals surface area contributed by atoms with E-state index in [1.54, 1.807) is 0 Å². The molecule has 21 heavy (non-hydrogen) atoms. The molecule has 0 aromatic heterocycles. The third-order valence-electron chi connectivity index (χ3n) is 2.54. The fraction of sp³-hybridized carbons (Fsp3) is 0.818. The van der Waals surface area contributed by atoms with Gasteiger partial charge < -0.3 is 9.84 Å². The molecule has 0 bridgehead atoms. The van der Waals surface area contributed by atoms with Gasteiger partial charge in [-0.3, -0.25) is 0 Å². The van der Waals surface area contributed by atoms with E-state index in [4.69, 9.17) is 5.11 Å². The first-order chi connectivity index (χ1) is 9.42. The van der Waals surface area contributed by atoms with Gasteiger partial charge in [0.15, 0.2) is 0 Å². The zero-order valence-corrected chi connectivity index (χ0v) is 11.0. The van der Waals surface area contributed by atoms with Gasteiger partial charge in [0, 0.05) is 0 Å². The normalized spacial score (nSPS) is 13.1. The third-order valence-corrected chi connectivity index (χ3v) is 2.54. The SMILES string of the molecule is CCCCCCOC(=O)C(F)(F)C(F)(F)C(F)(F)C(=O)O. The van der Waals surface area contributed by atoms with E-state index >= 15 is 0 Å². The Kier molecular flexibility index (Phi) is 6.50. The Morgan fingerprint density at radius 1 is 0.952 bits per heavy atom. The Bertz CT molecular complexity index is 383. The number of halogens is 6. The zero-order chi connectivity index (χ0) is 16.9. The molecule has 0 rings (SSSR count). The van der Waals surface area contributed by atoms with Crippen LogP contribution in [0.3, 0.4) is 0 Å². The van der Waals surface area contributed by atoms with Crippen molar-refractivity contribution in [3.8, 4) is 0 Å². The summed E-state index contributed by atoms with van der Waals surface area (Å²) in [6.07, 6.45) is 2.02. The van der Waals surface area contributed by atoms with Crippen LogP contribution in [0.4, 0.5) is 26.3 Å². The van der Waals surface area contributed by atoms with Crippen LogP contribution >= 0.6 is 0 Å². The molecule has 0 radical (unpaired) electrons. The highest BCUT2D eigenvalue weighted by Gasteiger charge is 2.79. The molecule has 0 spiro atoms. The summed E-state index contributed by atoms with van der Waals surface area (Å²) in [6.45, 7) is 1.18. The van der Waals surface area contributed by atoms with Gasteiger partial charge in [-0.2, -0.15) is 26.3 Å². The molecule has 0 unspecified atom stereocenters. The number of unbranched alkanes of at least 4 members (excludes halogenated alkanes) is 3. The number of ether oxygens (including phenoxy) is 1. The highest BCUT2D eigenvalue weighted by atomic mass is 19.3. The number of carbonyl (C=O) groups excluding carboxylic acids is 1. The first-order valence-corrected chi connectivity index (χ1v) is 5.97. The van der Waals surface area contributed by atoms with Crippen LogP contribution in [0.25, 0.3) is 0 Å². The lowest BCUT2D eigenvalue weighted by Gasteiger charge is -2.28. The molecule has 0 fully saturated rings. The number of aliphatic carboxylic acids is 1. The Hall–Kier alpha value is -1.48. The lowest BCUT2D eigenvalue weighted by Crippen LogP contribution is -2.61. The molecule has 4 nitrogen and oxygen atoms in total. The predicted octanol–water partition coefficient (Wildman–Crippen LogP) is 3.10. The Morgan fingerprint density at radius 3 is 1.90 bits per heavy atom. The number of rotatable bonds is 9. The van der Waals surface area contributed by atoms with Gasteiger partial charge in [-0.25, -0.2) is 9.59 Å². The summed E-state index contributed by atoms with van der Waals surface area (Å²) in [5.74, 6) is -24.8. The van der Waals surface area contributed by atoms with Crippen molar-refractivity contribution >= 4 is 11.9 Å². The number of alkyl halides is 6. The first kappa shape index (κ1) is 19.5. The molecule has 0 aliphatic heterocycles. The topological polar surface area (TPSA) is 63.6 Å². The van der Waals surface area contributed by atoms with E-state index in [0.717, 1.165) is 6.42 Å². The quantitative estimate of drug-likeness (QED) is 0.402. The molecule has 0 aromatic rings. The first-order valence-electron chi connectivity index (χ1n) is 5.97. The molecule has 0 aliphatic carbocycles. The van der Waals surface area contributed by atoms with Gasteiger partial charge in [-0.05, 0) is 6.42 Å². The average molecular weight is 324 g/mol. The smallest absolute Gasteiger partial charge is 0.411 e. The maximum Gasteiger partial charge on any atom is 0.411 e. The van der Waals surface area contributed by atoms with E-state index in [1.807, 2.05) is 6.92 Å². The minimum atomic E-state index is -6.41. The summed E-state index contributed by atoms with van der Waals surface area (Å²) in [5.41, 5.74) is 0. The van der Waals surface area contributed by atoms with Gasteiger partial charge in [0.05, 0.1) is 6.61 Å². The minimum absolute atomic E-state index is 0.0938. The van der Waals surface area contributed by atoms with Gasteiger partial charge in [-0.15, -0.1) is 0 Å². The van der Waals surface area contributed by atoms with Gasteiger partial charge in [0.25, 0.3) is 0 Å². The molecule has 1 N–H and O–H groups in total. The molecule has 0 heterocycles. The van der Waals surface area contributed by atoms with Crippen LogP contribution in [0.1, 0.15) is 32.6 Å². The van der Waals surface area contributed by atoms with Crippen molar-refractivity contribution in [1.82, 2.24) is 0 Å². The summed E-state index contributed by atoms with van der Waals surface area (Å²) >= 11 is 0. The molecular formula is C11H14F6O4. The highest BCUT2D eigenvalue weighted by Crippen LogP contribution is 2.46. The summed E-state index contributed by atoms with van der Waals surface area (Å²) in [7, 11) is 0. The van der Waals surface area contributed by atoms with Crippen molar-refractivity contribution in [2.75, 3.05) is 6.61 Å². The van der Waals surface area contributed by atoms with Crippen LogP contribution in [0.15, 0.2) is 0 Å². The fourth-order valence-electron chi connectivity index (χ4n) is 1.24. The molecule has 124 valence electrons. The fourth-order valence-corrected chi connectivity index (χ4v) is 1.24. The lowest BCUT2D eigenvalue weighted by atomic mass is 10.0. The van der Waals surface area contributed by atoms with Gasteiger partial charge in [-0.1, -0.05) is 26.2 Å². The monoisotopic (exact) mass is 324 g/mol. The lowest BCUT2D eigenvalue weighted by molar-refractivity contribution is -0.299. The van der Waals surface area contributed by atoms with E-state index in [1.165, 1.54) is 0 Å². The number of carboxylic acid groups (broad SMARTS) is 1. The van der Waals surface area contributed by atoms with Crippen molar-refractivity contribution in [3.63, 3.8) is 0 Å². The van der Waals surface area contributed by atoms with Crippen LogP contribution in [-0.4, -0.2) is 41.4 Å². The Balaban J connectivity index is 4.86. The average Bonchev–Trinajstić information content (AvgIpc) is 2.37. The Labute approximate surface area is 116 Å². The van der Waals surface area contributed by atoms with Gasteiger partial charge in [0.1, 0.15) is 0 Å². The summed E-state index contributed by atoms with van der Waals surface area (Å²) in [4.78, 5) is 20.8. The van der Waals surface area contributed by atoms with Crippen molar-refractivity contribution in [3.05, 3.63) is 0 Å². The number of hydrogen-bond donors (Lipinski definition) is 1. The van der Waals surface area contributed by atoms with Crippen LogP contribution < -0.4 is 0 Å². The van der Waals surface area contributed by atoms with E-state index < -0.39 is 36.3 Å². The second-order valence-electron chi connectivity index (χ2n) is 4.22. The molecule has 10 heteroatoms. The summed E-state index contributed by atoms with van der Waals surface area (Å²) in [5, 5.41) is 7.88. The highest BCUT2D eigenvalue weighted by molar-refractivity contribution is 5.83. The zero-order valence-electron chi connectivity index (χ0n) is 11.0. The number of esters is 1. The van der Waals surface area contributed by atoms with Crippen LogP contribution in [0.5, 0.6) is 0 Å². The largest absolute Gasteiger partial charge is 0.477 e. The van der Waals surface area contributed by atoms with Crippen molar-refractivity contribution in [1.29, 1.82) is 0 Å². The summed E-state index contributed by atoms with van der Waals surface area (Å²) < 4.78 is 81.1. The van der Waals surface area contributed by atoms with E-state index in [0.29, 0.717) is 12.8 Å².